The van der Waals surface area contributed by atoms with Gasteiger partial charge < -0.3 is 5.11 Å². The Labute approximate surface area is 95.3 Å². The van der Waals surface area contributed by atoms with Crippen molar-refractivity contribution in [3.63, 3.8) is 0 Å². The number of hydrogen-bond donors (Lipinski definition) is 1. The fraction of sp³-hybridized carbons (Fsp3) is 1.00. The zero-order chi connectivity index (χ0) is 11.1. The van der Waals surface area contributed by atoms with Gasteiger partial charge in [0.15, 0.2) is 0 Å². The molecule has 0 bridgehead atoms. The van der Waals surface area contributed by atoms with E-state index in [1.54, 1.807) is 0 Å². The van der Waals surface area contributed by atoms with E-state index in [0.29, 0.717) is 0 Å². The Hall–Kier alpha value is -0.0400. The van der Waals surface area contributed by atoms with Crippen LogP contribution in [-0.2, 0) is 0 Å². The van der Waals surface area contributed by atoms with Crippen molar-refractivity contribution in [1.29, 1.82) is 0 Å². The zero-order valence-corrected chi connectivity index (χ0v) is 10.5. The summed E-state index contributed by atoms with van der Waals surface area (Å²) in [5, 5.41) is 9.51. The summed E-state index contributed by atoms with van der Waals surface area (Å²) in [6.07, 6.45) is 11.5. The Balaban J connectivity index is 2.33. The molecule has 1 N–H and O–H groups in total. The first-order valence-electron chi connectivity index (χ1n) is 6.96. The molecular formula is C14H28O. The normalized spacial score (nSPS) is 29.0. The van der Waals surface area contributed by atoms with Crippen LogP contribution in [0.1, 0.15) is 71.6 Å². The molecule has 0 aromatic carbocycles. The van der Waals surface area contributed by atoms with Gasteiger partial charge >= 0.3 is 0 Å². The summed E-state index contributed by atoms with van der Waals surface area (Å²) in [5.74, 6) is 1.86. The predicted octanol–water partition coefficient (Wildman–Crippen LogP) is 4.14. The van der Waals surface area contributed by atoms with E-state index in [2.05, 4.69) is 13.8 Å². The number of aliphatic hydroxyl groups is 1. The van der Waals surface area contributed by atoms with Gasteiger partial charge in [-0.3, -0.25) is 0 Å². The maximum Gasteiger partial charge on any atom is 0.0540 e. The molecule has 0 aromatic rings. The molecule has 0 aromatic heterocycles. The zero-order valence-electron chi connectivity index (χ0n) is 10.5. The van der Waals surface area contributed by atoms with E-state index in [9.17, 15) is 5.11 Å². The van der Waals surface area contributed by atoms with Gasteiger partial charge in [-0.1, -0.05) is 46.0 Å². The Morgan fingerprint density at radius 3 is 2.20 bits per heavy atom. The van der Waals surface area contributed by atoms with Crippen LogP contribution in [0.4, 0.5) is 0 Å². The Bertz CT molecular complexity index is 147. The second kappa shape index (κ2) is 7.27. The van der Waals surface area contributed by atoms with E-state index in [1.165, 1.54) is 44.9 Å². The number of hydrogen-bond acceptors (Lipinski definition) is 1. The number of unbranched alkanes of at least 4 members (excludes halogenated alkanes) is 1. The third kappa shape index (κ3) is 4.55. The van der Waals surface area contributed by atoms with Gasteiger partial charge in [-0.15, -0.1) is 0 Å². The molecular weight excluding hydrogens is 184 g/mol. The lowest BCUT2D eigenvalue weighted by Crippen LogP contribution is -2.24. The smallest absolute Gasteiger partial charge is 0.0540 e. The van der Waals surface area contributed by atoms with Gasteiger partial charge in [-0.05, 0) is 37.5 Å². The highest BCUT2D eigenvalue weighted by Crippen LogP contribution is 2.35. The van der Waals surface area contributed by atoms with Crippen molar-refractivity contribution in [1.82, 2.24) is 0 Å². The molecule has 90 valence electrons. The lowest BCUT2D eigenvalue weighted by molar-refractivity contribution is 0.0864. The van der Waals surface area contributed by atoms with Crippen LogP contribution in [0.15, 0.2) is 0 Å². The molecule has 0 heterocycles. The minimum absolute atomic E-state index is 0.00898. The first-order valence-corrected chi connectivity index (χ1v) is 6.96. The maximum absolute atomic E-state index is 9.51. The van der Waals surface area contributed by atoms with E-state index in [-0.39, 0.29) is 6.10 Å². The van der Waals surface area contributed by atoms with Gasteiger partial charge in [-0.2, -0.15) is 0 Å². The van der Waals surface area contributed by atoms with Crippen molar-refractivity contribution < 1.29 is 5.11 Å². The van der Waals surface area contributed by atoms with Crippen LogP contribution in [0, 0.1) is 11.8 Å². The van der Waals surface area contributed by atoms with Crippen LogP contribution in [0.3, 0.4) is 0 Å². The van der Waals surface area contributed by atoms with Crippen LogP contribution >= 0.6 is 0 Å². The maximum atomic E-state index is 9.51. The van der Waals surface area contributed by atoms with Crippen molar-refractivity contribution in [3.8, 4) is 0 Å². The van der Waals surface area contributed by atoms with Gasteiger partial charge in [0.25, 0.3) is 0 Å². The quantitative estimate of drug-likeness (QED) is 0.701. The van der Waals surface area contributed by atoms with Crippen LogP contribution < -0.4 is 0 Å². The van der Waals surface area contributed by atoms with Gasteiger partial charge in [0.2, 0.25) is 0 Å². The number of rotatable bonds is 6. The van der Waals surface area contributed by atoms with Crippen LogP contribution in [0.25, 0.3) is 0 Å². The van der Waals surface area contributed by atoms with E-state index >= 15 is 0 Å². The van der Waals surface area contributed by atoms with Crippen molar-refractivity contribution >= 4 is 0 Å². The molecule has 1 aliphatic carbocycles. The molecule has 1 rings (SSSR count). The van der Waals surface area contributed by atoms with Gasteiger partial charge in [0.05, 0.1) is 6.10 Å². The van der Waals surface area contributed by atoms with Gasteiger partial charge in [-0.25, -0.2) is 0 Å². The molecule has 0 amide bonds. The standard InChI is InChI=1S/C14H28O/c1-3-5-7-12(6-4-2)13-8-10-14(15)11-9-13/h12-15H,3-11H2,1-2H3. The predicted molar refractivity (Wildman–Crippen MR) is 65.9 cm³/mol. The highest BCUT2D eigenvalue weighted by atomic mass is 16.3. The Morgan fingerprint density at radius 2 is 1.67 bits per heavy atom. The van der Waals surface area contributed by atoms with Crippen molar-refractivity contribution in [2.24, 2.45) is 11.8 Å². The lowest BCUT2D eigenvalue weighted by atomic mass is 9.75. The molecule has 1 fully saturated rings. The second-order valence-electron chi connectivity index (χ2n) is 5.26. The first-order chi connectivity index (χ1) is 7.27. The molecule has 0 saturated heterocycles. The second-order valence-corrected chi connectivity index (χ2v) is 5.26. The minimum atomic E-state index is 0.00898. The average Bonchev–Trinajstić information content (AvgIpc) is 2.25. The highest BCUT2D eigenvalue weighted by Gasteiger charge is 2.25. The summed E-state index contributed by atoms with van der Waals surface area (Å²) in [5.41, 5.74) is 0. The summed E-state index contributed by atoms with van der Waals surface area (Å²) >= 11 is 0. The third-order valence-electron chi connectivity index (χ3n) is 4.00. The van der Waals surface area contributed by atoms with Crippen molar-refractivity contribution in [2.75, 3.05) is 0 Å². The molecule has 0 radical (unpaired) electrons. The van der Waals surface area contributed by atoms with Crippen LogP contribution in [0.5, 0.6) is 0 Å². The molecule has 1 heteroatoms. The van der Waals surface area contributed by atoms with Gasteiger partial charge in [0.1, 0.15) is 0 Å². The monoisotopic (exact) mass is 212 g/mol. The molecule has 1 saturated carbocycles. The van der Waals surface area contributed by atoms with E-state index in [1.807, 2.05) is 0 Å². The summed E-state index contributed by atoms with van der Waals surface area (Å²) in [6, 6.07) is 0. The Kier molecular flexibility index (Phi) is 6.31. The molecule has 1 unspecified atom stereocenters. The lowest BCUT2D eigenvalue weighted by Gasteiger charge is -2.32. The topological polar surface area (TPSA) is 20.2 Å². The molecule has 1 nitrogen and oxygen atoms in total. The fourth-order valence-corrected chi connectivity index (χ4v) is 3.03. The first kappa shape index (κ1) is 13.0. The largest absolute Gasteiger partial charge is 0.393 e. The molecule has 1 aliphatic rings. The SMILES string of the molecule is CCCCC(CCC)C1CCC(O)CC1. The fourth-order valence-electron chi connectivity index (χ4n) is 3.03. The van der Waals surface area contributed by atoms with Crippen molar-refractivity contribution in [3.05, 3.63) is 0 Å². The van der Waals surface area contributed by atoms with Crippen LogP contribution in [0.2, 0.25) is 0 Å². The van der Waals surface area contributed by atoms with E-state index < -0.39 is 0 Å². The molecule has 15 heavy (non-hydrogen) atoms. The summed E-state index contributed by atoms with van der Waals surface area (Å²) < 4.78 is 0. The van der Waals surface area contributed by atoms with E-state index in [4.69, 9.17) is 0 Å². The summed E-state index contributed by atoms with van der Waals surface area (Å²) in [6.45, 7) is 4.59. The Morgan fingerprint density at radius 1 is 1.00 bits per heavy atom. The molecule has 1 atom stereocenters. The third-order valence-corrected chi connectivity index (χ3v) is 4.00. The number of aliphatic hydroxyl groups excluding tert-OH is 1. The van der Waals surface area contributed by atoms with Crippen LogP contribution in [-0.4, -0.2) is 11.2 Å². The molecule has 0 spiro atoms. The summed E-state index contributed by atoms with van der Waals surface area (Å²) in [7, 11) is 0. The highest BCUT2D eigenvalue weighted by molar-refractivity contribution is 4.77. The minimum Gasteiger partial charge on any atom is -0.393 e. The van der Waals surface area contributed by atoms with E-state index in [0.717, 1.165) is 24.7 Å². The van der Waals surface area contributed by atoms with Crippen molar-refractivity contribution in [2.45, 2.75) is 77.7 Å². The summed E-state index contributed by atoms with van der Waals surface area (Å²) in [4.78, 5) is 0. The molecule has 0 aliphatic heterocycles. The average molecular weight is 212 g/mol. The van der Waals surface area contributed by atoms with Gasteiger partial charge in [0, 0.05) is 0 Å².